The first kappa shape index (κ1) is 15.2. The highest BCUT2D eigenvalue weighted by atomic mass is 32.1. The number of carbonyl (C=O) groups is 1. The predicted molar refractivity (Wildman–Crippen MR) is 96.3 cm³/mol. The van der Waals surface area contributed by atoms with Crippen molar-refractivity contribution < 1.29 is 4.79 Å². The van der Waals surface area contributed by atoms with Gasteiger partial charge in [-0.15, -0.1) is 11.3 Å². The van der Waals surface area contributed by atoms with Crippen molar-refractivity contribution in [3.63, 3.8) is 0 Å². The Balaban J connectivity index is 1.71. The van der Waals surface area contributed by atoms with Gasteiger partial charge in [0.25, 0.3) is 5.91 Å². The van der Waals surface area contributed by atoms with E-state index in [1.54, 1.807) is 6.92 Å². The van der Waals surface area contributed by atoms with Crippen LogP contribution in [0.2, 0.25) is 0 Å². The summed E-state index contributed by atoms with van der Waals surface area (Å²) in [5.74, 6) is -0.136. The maximum atomic E-state index is 12.2. The van der Waals surface area contributed by atoms with Crippen LogP contribution in [0.5, 0.6) is 0 Å². The number of amides is 1. The van der Waals surface area contributed by atoms with Crippen molar-refractivity contribution in [1.82, 2.24) is 4.98 Å². The normalized spacial score (nSPS) is 11.3. The maximum absolute atomic E-state index is 12.2. The Morgan fingerprint density at radius 3 is 2.39 bits per heavy atom. The van der Waals surface area contributed by atoms with Crippen LogP contribution in [0, 0.1) is 0 Å². The van der Waals surface area contributed by atoms with E-state index in [4.69, 9.17) is 0 Å². The van der Waals surface area contributed by atoms with Gasteiger partial charge in [-0.2, -0.15) is 0 Å². The van der Waals surface area contributed by atoms with Gasteiger partial charge >= 0.3 is 0 Å². The number of hydrogen-bond acceptors (Lipinski definition) is 3. The molecule has 0 bridgehead atoms. The van der Waals surface area contributed by atoms with Crippen molar-refractivity contribution in [2.45, 2.75) is 6.92 Å². The lowest BCUT2D eigenvalue weighted by Gasteiger charge is -2.02. The summed E-state index contributed by atoms with van der Waals surface area (Å²) in [7, 11) is 0. The molecule has 0 atom stereocenters. The first-order valence-corrected chi connectivity index (χ1v) is 8.16. The molecule has 3 nitrogen and oxygen atoms in total. The maximum Gasteiger partial charge on any atom is 0.253 e. The van der Waals surface area contributed by atoms with Crippen LogP contribution in [-0.2, 0) is 4.79 Å². The van der Waals surface area contributed by atoms with Gasteiger partial charge in [-0.1, -0.05) is 60.7 Å². The van der Waals surface area contributed by atoms with Gasteiger partial charge in [-0.3, -0.25) is 10.1 Å². The fraction of sp³-hybridized carbons (Fsp3) is 0.0526. The molecule has 0 unspecified atom stereocenters. The smallest absolute Gasteiger partial charge is 0.253 e. The Hall–Kier alpha value is -2.72. The standard InChI is InChI=1S/C19H16N2OS/c1-14(12-15-8-4-2-5-9-15)18(22)21-19-20-17(13-23-19)16-10-6-3-7-11-16/h2-13H,1H3,(H,20,21,22). The van der Waals surface area contributed by atoms with Gasteiger partial charge in [0.05, 0.1) is 5.69 Å². The summed E-state index contributed by atoms with van der Waals surface area (Å²) < 4.78 is 0. The van der Waals surface area contributed by atoms with Crippen LogP contribution in [0.4, 0.5) is 5.13 Å². The zero-order valence-electron chi connectivity index (χ0n) is 12.7. The van der Waals surface area contributed by atoms with E-state index >= 15 is 0 Å². The lowest BCUT2D eigenvalue weighted by atomic mass is 10.1. The van der Waals surface area contributed by atoms with Crippen molar-refractivity contribution in [3.8, 4) is 11.3 Å². The average molecular weight is 320 g/mol. The molecule has 0 aliphatic carbocycles. The minimum absolute atomic E-state index is 0.136. The van der Waals surface area contributed by atoms with E-state index in [1.807, 2.05) is 72.1 Å². The van der Waals surface area contributed by atoms with E-state index in [-0.39, 0.29) is 5.91 Å². The summed E-state index contributed by atoms with van der Waals surface area (Å²) >= 11 is 1.43. The Bertz CT molecular complexity index is 823. The van der Waals surface area contributed by atoms with Crippen molar-refractivity contribution in [2.75, 3.05) is 5.32 Å². The summed E-state index contributed by atoms with van der Waals surface area (Å²) in [6, 6.07) is 19.7. The second-order valence-electron chi connectivity index (χ2n) is 5.10. The Labute approximate surface area is 139 Å². The number of hydrogen-bond donors (Lipinski definition) is 1. The van der Waals surface area contributed by atoms with Crippen molar-refractivity contribution in [3.05, 3.63) is 77.2 Å². The molecule has 1 aromatic heterocycles. The molecular weight excluding hydrogens is 304 g/mol. The zero-order chi connectivity index (χ0) is 16.1. The molecule has 1 amide bonds. The highest BCUT2D eigenvalue weighted by molar-refractivity contribution is 7.14. The van der Waals surface area contributed by atoms with Crippen molar-refractivity contribution in [1.29, 1.82) is 0 Å². The van der Waals surface area contributed by atoms with Crippen LogP contribution >= 0.6 is 11.3 Å². The topological polar surface area (TPSA) is 42.0 Å². The second kappa shape index (κ2) is 7.03. The minimum Gasteiger partial charge on any atom is -0.298 e. The van der Waals surface area contributed by atoms with Gasteiger partial charge in [0, 0.05) is 16.5 Å². The summed E-state index contributed by atoms with van der Waals surface area (Å²) in [5.41, 5.74) is 3.56. The molecule has 0 saturated carbocycles. The molecule has 1 N–H and O–H groups in total. The van der Waals surface area contributed by atoms with E-state index in [0.717, 1.165) is 16.8 Å². The Kier molecular flexibility index (Phi) is 4.64. The molecule has 0 aliphatic rings. The molecule has 0 aliphatic heterocycles. The van der Waals surface area contributed by atoms with Gasteiger partial charge in [0.2, 0.25) is 0 Å². The van der Waals surface area contributed by atoms with Crippen LogP contribution in [0.1, 0.15) is 12.5 Å². The third kappa shape index (κ3) is 3.93. The highest BCUT2D eigenvalue weighted by Gasteiger charge is 2.09. The van der Waals surface area contributed by atoms with Crippen LogP contribution in [0.15, 0.2) is 71.6 Å². The van der Waals surface area contributed by atoms with E-state index in [2.05, 4.69) is 10.3 Å². The number of nitrogens with one attached hydrogen (secondary N) is 1. The first-order chi connectivity index (χ1) is 11.2. The number of anilines is 1. The number of carbonyl (C=O) groups excluding carboxylic acids is 1. The third-order valence-electron chi connectivity index (χ3n) is 3.34. The van der Waals surface area contributed by atoms with Crippen LogP contribution in [-0.4, -0.2) is 10.9 Å². The fourth-order valence-corrected chi connectivity index (χ4v) is 2.85. The summed E-state index contributed by atoms with van der Waals surface area (Å²) in [5, 5.41) is 5.40. The molecule has 23 heavy (non-hydrogen) atoms. The fourth-order valence-electron chi connectivity index (χ4n) is 2.13. The lowest BCUT2D eigenvalue weighted by Crippen LogP contribution is -2.12. The molecule has 3 aromatic rings. The van der Waals surface area contributed by atoms with E-state index in [0.29, 0.717) is 10.7 Å². The molecule has 0 spiro atoms. The minimum atomic E-state index is -0.136. The molecular formula is C19H16N2OS. The Morgan fingerprint density at radius 2 is 1.70 bits per heavy atom. The molecule has 114 valence electrons. The van der Waals surface area contributed by atoms with Crippen molar-refractivity contribution >= 4 is 28.5 Å². The summed E-state index contributed by atoms with van der Waals surface area (Å²) in [6.07, 6.45) is 1.86. The van der Waals surface area contributed by atoms with Crippen molar-refractivity contribution in [2.24, 2.45) is 0 Å². The number of nitrogens with zero attached hydrogens (tertiary/aromatic N) is 1. The van der Waals surface area contributed by atoms with Gasteiger partial charge in [0.1, 0.15) is 0 Å². The quantitative estimate of drug-likeness (QED) is 0.698. The van der Waals surface area contributed by atoms with Crippen LogP contribution < -0.4 is 5.32 Å². The first-order valence-electron chi connectivity index (χ1n) is 7.28. The van der Waals surface area contributed by atoms with Crippen LogP contribution in [0.3, 0.4) is 0 Å². The predicted octanol–water partition coefficient (Wildman–Crippen LogP) is 4.85. The number of thiazole rings is 1. The molecule has 0 fully saturated rings. The monoisotopic (exact) mass is 320 g/mol. The molecule has 0 saturated heterocycles. The van der Waals surface area contributed by atoms with E-state index in [1.165, 1.54) is 11.3 Å². The van der Waals surface area contributed by atoms with E-state index < -0.39 is 0 Å². The lowest BCUT2D eigenvalue weighted by molar-refractivity contribution is -0.112. The second-order valence-corrected chi connectivity index (χ2v) is 5.95. The number of benzene rings is 2. The summed E-state index contributed by atoms with van der Waals surface area (Å²) in [6.45, 7) is 1.80. The molecule has 0 radical (unpaired) electrons. The summed E-state index contributed by atoms with van der Waals surface area (Å²) in [4.78, 5) is 16.7. The van der Waals surface area contributed by atoms with Gasteiger partial charge in [-0.25, -0.2) is 4.98 Å². The Morgan fingerprint density at radius 1 is 1.04 bits per heavy atom. The van der Waals surface area contributed by atoms with E-state index in [9.17, 15) is 4.79 Å². The zero-order valence-corrected chi connectivity index (χ0v) is 13.5. The van der Waals surface area contributed by atoms with Gasteiger partial charge in [-0.05, 0) is 18.6 Å². The molecule has 2 aromatic carbocycles. The number of rotatable bonds is 4. The van der Waals surface area contributed by atoms with Gasteiger partial charge < -0.3 is 0 Å². The third-order valence-corrected chi connectivity index (χ3v) is 4.09. The average Bonchev–Trinajstić information content (AvgIpc) is 3.05. The molecule has 3 rings (SSSR count). The SMILES string of the molecule is CC(=Cc1ccccc1)C(=O)Nc1nc(-c2ccccc2)cs1. The molecule has 1 heterocycles. The van der Waals surface area contributed by atoms with Gasteiger partial charge in [0.15, 0.2) is 5.13 Å². The largest absolute Gasteiger partial charge is 0.298 e. The molecule has 4 heteroatoms. The highest BCUT2D eigenvalue weighted by Crippen LogP contribution is 2.24. The van der Waals surface area contributed by atoms with Crippen LogP contribution in [0.25, 0.3) is 17.3 Å². The number of aromatic nitrogens is 1.